The molecule has 0 radical (unpaired) electrons. The molecule has 3 N–H and O–H groups in total. The first kappa shape index (κ1) is 15.8. The maximum atomic E-state index is 12.4. The van der Waals surface area contributed by atoms with E-state index in [4.69, 9.17) is 10.5 Å². The third-order valence-electron chi connectivity index (χ3n) is 3.27. The summed E-state index contributed by atoms with van der Waals surface area (Å²) in [6.07, 6.45) is 3.67. The van der Waals surface area contributed by atoms with Crippen molar-refractivity contribution in [3.05, 3.63) is 47.7 Å². The molecule has 1 amide bonds. The molecule has 2 aromatic rings. The van der Waals surface area contributed by atoms with Crippen LogP contribution in [-0.2, 0) is 0 Å². The van der Waals surface area contributed by atoms with Gasteiger partial charge < -0.3 is 15.8 Å². The molecule has 2 rings (SSSR count). The number of hydrogen-bond donors (Lipinski definition) is 2. The maximum absolute atomic E-state index is 12.4. The smallest absolute Gasteiger partial charge is 0.259 e. The summed E-state index contributed by atoms with van der Waals surface area (Å²) in [5.41, 5.74) is 7.65. The van der Waals surface area contributed by atoms with Crippen molar-refractivity contribution in [2.24, 2.45) is 0 Å². The number of carbonyl (C=O) groups is 1. The predicted molar refractivity (Wildman–Crippen MR) is 88.2 cm³/mol. The van der Waals surface area contributed by atoms with Crippen molar-refractivity contribution in [3.8, 4) is 5.75 Å². The minimum Gasteiger partial charge on any atom is -0.494 e. The van der Waals surface area contributed by atoms with E-state index in [1.165, 1.54) is 0 Å². The molecule has 1 aromatic carbocycles. The van der Waals surface area contributed by atoms with Crippen LogP contribution in [0.25, 0.3) is 0 Å². The van der Waals surface area contributed by atoms with Gasteiger partial charge in [-0.05, 0) is 37.1 Å². The van der Waals surface area contributed by atoms with E-state index in [0.717, 1.165) is 24.2 Å². The summed E-state index contributed by atoms with van der Waals surface area (Å²) in [4.78, 5) is 16.3. The predicted octanol–water partition coefficient (Wildman–Crippen LogP) is 3.40. The highest BCUT2D eigenvalue weighted by Crippen LogP contribution is 2.20. The fourth-order valence-electron chi connectivity index (χ4n) is 2.07. The number of nitrogens with two attached hydrogens (primary N) is 1. The topological polar surface area (TPSA) is 77.2 Å². The van der Waals surface area contributed by atoms with Crippen LogP contribution in [0.4, 0.5) is 11.5 Å². The fourth-order valence-corrected chi connectivity index (χ4v) is 2.07. The van der Waals surface area contributed by atoms with Crippen LogP contribution in [0.3, 0.4) is 0 Å². The summed E-state index contributed by atoms with van der Waals surface area (Å²) in [6, 6.07) is 9.09. The summed E-state index contributed by atoms with van der Waals surface area (Å²) >= 11 is 0. The van der Waals surface area contributed by atoms with Gasteiger partial charge in [-0.3, -0.25) is 4.79 Å². The zero-order valence-electron chi connectivity index (χ0n) is 12.9. The van der Waals surface area contributed by atoms with Crippen LogP contribution in [0.15, 0.2) is 36.5 Å². The molecule has 0 atom stereocenters. The Hall–Kier alpha value is -2.56. The first-order chi connectivity index (χ1) is 10.6. The van der Waals surface area contributed by atoms with Crippen molar-refractivity contribution in [2.45, 2.75) is 26.7 Å². The second-order valence-corrected chi connectivity index (χ2v) is 5.07. The average Bonchev–Trinajstić information content (AvgIpc) is 2.48. The van der Waals surface area contributed by atoms with E-state index < -0.39 is 0 Å². The molecule has 1 heterocycles. The summed E-state index contributed by atoms with van der Waals surface area (Å²) in [5, 5.41) is 2.83. The number of benzene rings is 1. The Kier molecular flexibility index (Phi) is 5.36. The van der Waals surface area contributed by atoms with Gasteiger partial charge in [-0.15, -0.1) is 0 Å². The highest BCUT2D eigenvalue weighted by Gasteiger charge is 2.14. The largest absolute Gasteiger partial charge is 0.494 e. The number of nitrogen functional groups attached to an aromatic ring is 1. The number of amides is 1. The van der Waals surface area contributed by atoms with Crippen LogP contribution in [0.1, 0.15) is 35.7 Å². The summed E-state index contributed by atoms with van der Waals surface area (Å²) in [6.45, 7) is 4.61. The number of anilines is 2. The van der Waals surface area contributed by atoms with E-state index in [-0.39, 0.29) is 11.7 Å². The third kappa shape index (κ3) is 3.97. The lowest BCUT2D eigenvalue weighted by Crippen LogP contribution is -2.16. The maximum Gasteiger partial charge on any atom is 0.259 e. The van der Waals surface area contributed by atoms with E-state index in [2.05, 4.69) is 17.2 Å². The van der Waals surface area contributed by atoms with E-state index >= 15 is 0 Å². The van der Waals surface area contributed by atoms with Gasteiger partial charge in [-0.2, -0.15) is 0 Å². The summed E-state index contributed by atoms with van der Waals surface area (Å²) < 4.78 is 5.63. The molecule has 5 heteroatoms. The number of aromatic nitrogens is 1. The molecular formula is C17H21N3O2. The normalized spacial score (nSPS) is 10.3. The number of hydrogen-bond acceptors (Lipinski definition) is 4. The van der Waals surface area contributed by atoms with Gasteiger partial charge in [-0.25, -0.2) is 4.98 Å². The van der Waals surface area contributed by atoms with Gasteiger partial charge in [0, 0.05) is 18.0 Å². The Labute approximate surface area is 130 Å². The number of pyridine rings is 1. The van der Waals surface area contributed by atoms with E-state index in [9.17, 15) is 4.79 Å². The van der Waals surface area contributed by atoms with Gasteiger partial charge in [0.25, 0.3) is 5.91 Å². The van der Waals surface area contributed by atoms with Crippen LogP contribution in [0, 0.1) is 6.92 Å². The molecule has 0 fully saturated rings. The standard InChI is InChI=1S/C17H21N3O2/c1-3-4-10-22-14-7-5-6-13(11-14)20-17(21)15-12(2)8-9-19-16(15)18/h5-9,11H,3-4,10H2,1-2H3,(H2,18,19)(H,20,21). The number of aryl methyl sites for hydroxylation is 1. The summed E-state index contributed by atoms with van der Waals surface area (Å²) in [5.74, 6) is 0.698. The van der Waals surface area contributed by atoms with Crippen molar-refractivity contribution in [2.75, 3.05) is 17.7 Å². The molecule has 0 unspecified atom stereocenters. The number of rotatable bonds is 6. The van der Waals surface area contributed by atoms with E-state index in [1.807, 2.05) is 25.1 Å². The van der Waals surface area contributed by atoms with Gasteiger partial charge >= 0.3 is 0 Å². The summed E-state index contributed by atoms with van der Waals surface area (Å²) in [7, 11) is 0. The highest BCUT2D eigenvalue weighted by molar-refractivity contribution is 6.08. The second kappa shape index (κ2) is 7.45. The van der Waals surface area contributed by atoms with Crippen LogP contribution >= 0.6 is 0 Å². The molecule has 5 nitrogen and oxygen atoms in total. The molecule has 116 valence electrons. The zero-order chi connectivity index (χ0) is 15.9. The van der Waals surface area contributed by atoms with E-state index in [1.54, 1.807) is 18.3 Å². The molecule has 0 aliphatic heterocycles. The Morgan fingerprint density at radius 1 is 1.36 bits per heavy atom. The minimum atomic E-state index is -0.270. The first-order valence-electron chi connectivity index (χ1n) is 7.37. The molecule has 0 spiro atoms. The van der Waals surface area contributed by atoms with Crippen LogP contribution in [-0.4, -0.2) is 17.5 Å². The molecule has 1 aromatic heterocycles. The molecule has 0 saturated carbocycles. The van der Waals surface area contributed by atoms with Gasteiger partial charge in [-0.1, -0.05) is 19.4 Å². The van der Waals surface area contributed by atoms with Crippen LogP contribution in [0.2, 0.25) is 0 Å². The lowest BCUT2D eigenvalue weighted by molar-refractivity contribution is 0.102. The number of carbonyl (C=O) groups excluding carboxylic acids is 1. The lowest BCUT2D eigenvalue weighted by atomic mass is 10.1. The van der Waals surface area contributed by atoms with Crippen LogP contribution < -0.4 is 15.8 Å². The molecular weight excluding hydrogens is 278 g/mol. The van der Waals surface area contributed by atoms with Crippen molar-refractivity contribution >= 4 is 17.4 Å². The Morgan fingerprint density at radius 3 is 2.91 bits per heavy atom. The third-order valence-corrected chi connectivity index (χ3v) is 3.27. The Morgan fingerprint density at radius 2 is 2.18 bits per heavy atom. The number of nitrogens with one attached hydrogen (secondary N) is 1. The Balaban J connectivity index is 2.10. The average molecular weight is 299 g/mol. The number of nitrogens with zero attached hydrogens (tertiary/aromatic N) is 1. The van der Waals surface area contributed by atoms with Crippen molar-refractivity contribution in [1.29, 1.82) is 0 Å². The second-order valence-electron chi connectivity index (χ2n) is 5.07. The molecule has 0 aliphatic carbocycles. The molecule has 0 bridgehead atoms. The van der Waals surface area contributed by atoms with Gasteiger partial charge in [0.05, 0.1) is 12.2 Å². The highest BCUT2D eigenvalue weighted by atomic mass is 16.5. The quantitative estimate of drug-likeness (QED) is 0.801. The fraction of sp³-hybridized carbons (Fsp3) is 0.294. The van der Waals surface area contributed by atoms with Gasteiger partial charge in [0.2, 0.25) is 0 Å². The van der Waals surface area contributed by atoms with Gasteiger partial charge in [0.1, 0.15) is 11.6 Å². The van der Waals surface area contributed by atoms with Crippen molar-refractivity contribution in [1.82, 2.24) is 4.98 Å². The number of unbranched alkanes of at least 4 members (excludes halogenated alkanes) is 1. The molecule has 0 aliphatic rings. The Bertz CT molecular complexity index is 636. The van der Waals surface area contributed by atoms with Gasteiger partial charge in [0.15, 0.2) is 0 Å². The molecule has 0 saturated heterocycles. The van der Waals surface area contributed by atoms with Crippen LogP contribution in [0.5, 0.6) is 5.75 Å². The zero-order valence-corrected chi connectivity index (χ0v) is 12.9. The van der Waals surface area contributed by atoms with E-state index in [0.29, 0.717) is 17.9 Å². The SMILES string of the molecule is CCCCOc1cccc(NC(=O)c2c(C)ccnc2N)c1. The minimum absolute atomic E-state index is 0.229. The first-order valence-corrected chi connectivity index (χ1v) is 7.37. The lowest BCUT2D eigenvalue weighted by Gasteiger charge is -2.11. The molecule has 22 heavy (non-hydrogen) atoms. The van der Waals surface area contributed by atoms with Crippen molar-refractivity contribution in [3.63, 3.8) is 0 Å². The van der Waals surface area contributed by atoms with Crippen molar-refractivity contribution < 1.29 is 9.53 Å². The number of ether oxygens (including phenoxy) is 1. The monoisotopic (exact) mass is 299 g/mol.